The summed E-state index contributed by atoms with van der Waals surface area (Å²) in [6.45, 7) is 5.11. The van der Waals surface area contributed by atoms with Gasteiger partial charge in [-0.05, 0) is 44.0 Å². The molecule has 0 radical (unpaired) electrons. The maximum atomic E-state index is 12.7. The Bertz CT molecular complexity index is 582. The average molecular weight is 395 g/mol. The SMILES string of the molecule is COc1ccc(SC(C)C(=O)NCC2(N3CCSCC3)CCCC2)cc1. The summed E-state index contributed by atoms with van der Waals surface area (Å²) in [6, 6.07) is 7.90. The van der Waals surface area contributed by atoms with Crippen LogP contribution in [0.1, 0.15) is 32.6 Å². The molecule has 144 valence electrons. The van der Waals surface area contributed by atoms with E-state index in [1.165, 1.54) is 37.2 Å². The number of ether oxygens (including phenoxy) is 1. The first-order valence-electron chi connectivity index (χ1n) is 9.54. The lowest BCUT2D eigenvalue weighted by atomic mass is 9.94. The third-order valence-corrected chi connectivity index (χ3v) is 7.60. The number of hydrogen-bond donors (Lipinski definition) is 1. The van der Waals surface area contributed by atoms with E-state index in [-0.39, 0.29) is 16.7 Å². The number of thioether (sulfide) groups is 2. The largest absolute Gasteiger partial charge is 0.497 e. The quantitative estimate of drug-likeness (QED) is 0.715. The lowest BCUT2D eigenvalue weighted by molar-refractivity contribution is -0.121. The molecular formula is C20H30N2O2S2. The van der Waals surface area contributed by atoms with Crippen molar-refractivity contribution in [3.05, 3.63) is 24.3 Å². The van der Waals surface area contributed by atoms with Crippen LogP contribution in [0.5, 0.6) is 5.75 Å². The summed E-state index contributed by atoms with van der Waals surface area (Å²) in [4.78, 5) is 16.4. The number of amides is 1. The molecule has 6 heteroatoms. The van der Waals surface area contributed by atoms with Crippen LogP contribution in [-0.4, -0.2) is 59.8 Å². The second-order valence-corrected chi connectivity index (χ2v) is 9.82. The summed E-state index contributed by atoms with van der Waals surface area (Å²) in [5.74, 6) is 3.43. The molecule has 1 atom stereocenters. The molecule has 1 saturated heterocycles. The fraction of sp³-hybridized carbons (Fsp3) is 0.650. The lowest BCUT2D eigenvalue weighted by Crippen LogP contribution is -2.57. The third kappa shape index (κ3) is 4.90. The van der Waals surface area contributed by atoms with Crippen molar-refractivity contribution in [1.29, 1.82) is 0 Å². The van der Waals surface area contributed by atoms with Crippen LogP contribution in [0.25, 0.3) is 0 Å². The zero-order chi connectivity index (χ0) is 18.4. The molecule has 1 amide bonds. The molecule has 1 aromatic rings. The Morgan fingerprint density at radius 2 is 1.92 bits per heavy atom. The van der Waals surface area contributed by atoms with Gasteiger partial charge in [0.25, 0.3) is 0 Å². The standard InChI is InChI=1S/C20H30N2O2S2/c1-16(26-18-7-5-17(24-2)6-8-18)19(23)21-15-20(9-3-4-10-20)22-11-13-25-14-12-22/h5-8,16H,3-4,9-15H2,1-2H3,(H,21,23). The molecule has 1 heterocycles. The van der Waals surface area contributed by atoms with Gasteiger partial charge >= 0.3 is 0 Å². The van der Waals surface area contributed by atoms with Crippen LogP contribution < -0.4 is 10.1 Å². The van der Waals surface area contributed by atoms with Crippen molar-refractivity contribution < 1.29 is 9.53 Å². The smallest absolute Gasteiger partial charge is 0.233 e. The van der Waals surface area contributed by atoms with Crippen molar-refractivity contribution in [3.63, 3.8) is 0 Å². The maximum Gasteiger partial charge on any atom is 0.233 e. The Hall–Kier alpha value is -0.850. The molecule has 2 fully saturated rings. The van der Waals surface area contributed by atoms with Crippen LogP contribution in [0.4, 0.5) is 0 Å². The number of rotatable bonds is 7. The molecule has 1 aromatic carbocycles. The Morgan fingerprint density at radius 1 is 1.27 bits per heavy atom. The van der Waals surface area contributed by atoms with Gasteiger partial charge in [0.2, 0.25) is 5.91 Å². The van der Waals surface area contributed by atoms with Crippen molar-refractivity contribution in [2.45, 2.75) is 48.3 Å². The third-order valence-electron chi connectivity index (χ3n) is 5.55. The topological polar surface area (TPSA) is 41.6 Å². The molecule has 2 aliphatic rings. The number of benzene rings is 1. The number of nitrogens with one attached hydrogen (secondary N) is 1. The Balaban J connectivity index is 1.53. The summed E-state index contributed by atoms with van der Waals surface area (Å²) in [7, 11) is 1.66. The van der Waals surface area contributed by atoms with Crippen molar-refractivity contribution >= 4 is 29.4 Å². The van der Waals surface area contributed by atoms with E-state index in [9.17, 15) is 4.79 Å². The fourth-order valence-electron chi connectivity index (χ4n) is 3.98. The Morgan fingerprint density at radius 3 is 2.54 bits per heavy atom. The van der Waals surface area contributed by atoms with E-state index in [1.807, 2.05) is 43.0 Å². The first kappa shape index (κ1) is 19.9. The first-order valence-corrected chi connectivity index (χ1v) is 11.6. The molecule has 1 saturated carbocycles. The number of hydrogen-bond acceptors (Lipinski definition) is 5. The Kier molecular flexibility index (Phi) is 7.18. The monoisotopic (exact) mass is 394 g/mol. The van der Waals surface area contributed by atoms with Gasteiger partial charge in [0.15, 0.2) is 0 Å². The van der Waals surface area contributed by atoms with Crippen LogP contribution >= 0.6 is 23.5 Å². The van der Waals surface area contributed by atoms with Crippen molar-refractivity contribution in [1.82, 2.24) is 10.2 Å². The fourth-order valence-corrected chi connectivity index (χ4v) is 5.78. The number of nitrogens with zero attached hydrogens (tertiary/aromatic N) is 1. The van der Waals surface area contributed by atoms with Crippen molar-refractivity contribution in [2.75, 3.05) is 38.2 Å². The van der Waals surface area contributed by atoms with Gasteiger partial charge in [0.05, 0.1) is 12.4 Å². The van der Waals surface area contributed by atoms with Crippen molar-refractivity contribution in [2.24, 2.45) is 0 Å². The second-order valence-electron chi connectivity index (χ2n) is 7.18. The maximum absolute atomic E-state index is 12.7. The molecule has 1 aliphatic heterocycles. The minimum atomic E-state index is -0.0984. The number of carbonyl (C=O) groups excluding carboxylic acids is 1. The van der Waals surface area contributed by atoms with Gasteiger partial charge < -0.3 is 10.1 Å². The van der Waals surface area contributed by atoms with E-state index < -0.39 is 0 Å². The number of methoxy groups -OCH3 is 1. The summed E-state index contributed by atoms with van der Waals surface area (Å²) in [6.07, 6.45) is 5.02. The Labute approximate surface area is 165 Å². The van der Waals surface area contributed by atoms with Gasteiger partial charge in [-0.25, -0.2) is 0 Å². The molecule has 1 aliphatic carbocycles. The van der Waals surface area contributed by atoms with Crippen LogP contribution in [0, 0.1) is 0 Å². The predicted molar refractivity (Wildman–Crippen MR) is 111 cm³/mol. The highest BCUT2D eigenvalue weighted by atomic mass is 32.2. The summed E-state index contributed by atoms with van der Waals surface area (Å²) >= 11 is 3.65. The predicted octanol–water partition coefficient (Wildman–Crippen LogP) is 3.65. The normalized spacial score (nSPS) is 21.3. The van der Waals surface area contributed by atoms with E-state index in [2.05, 4.69) is 10.2 Å². The summed E-state index contributed by atoms with van der Waals surface area (Å²) in [5.41, 5.74) is 0.196. The summed E-state index contributed by atoms with van der Waals surface area (Å²) in [5, 5.41) is 3.17. The highest BCUT2D eigenvalue weighted by Gasteiger charge is 2.40. The van der Waals surface area contributed by atoms with Gasteiger partial charge in [0.1, 0.15) is 5.75 Å². The molecule has 4 nitrogen and oxygen atoms in total. The second kappa shape index (κ2) is 9.38. The van der Waals surface area contributed by atoms with Gasteiger partial charge in [0, 0.05) is 41.6 Å². The molecule has 1 unspecified atom stereocenters. The number of carbonyl (C=O) groups is 1. The van der Waals surface area contributed by atoms with Crippen LogP contribution in [0.3, 0.4) is 0 Å². The highest BCUT2D eigenvalue weighted by Crippen LogP contribution is 2.36. The van der Waals surface area contributed by atoms with E-state index in [1.54, 1.807) is 18.9 Å². The summed E-state index contributed by atoms with van der Waals surface area (Å²) < 4.78 is 5.19. The van der Waals surface area contributed by atoms with Crippen LogP contribution in [-0.2, 0) is 4.79 Å². The highest BCUT2D eigenvalue weighted by molar-refractivity contribution is 8.00. The van der Waals surface area contributed by atoms with Crippen LogP contribution in [0.2, 0.25) is 0 Å². The van der Waals surface area contributed by atoms with E-state index in [0.29, 0.717) is 0 Å². The average Bonchev–Trinajstić information content (AvgIpc) is 3.17. The van der Waals surface area contributed by atoms with Gasteiger partial charge in [-0.3, -0.25) is 9.69 Å². The van der Waals surface area contributed by atoms with Crippen molar-refractivity contribution in [3.8, 4) is 5.75 Å². The van der Waals surface area contributed by atoms with E-state index in [4.69, 9.17) is 4.74 Å². The van der Waals surface area contributed by atoms with Gasteiger partial charge in [-0.1, -0.05) is 12.8 Å². The molecule has 1 N–H and O–H groups in total. The molecule has 0 spiro atoms. The molecular weight excluding hydrogens is 364 g/mol. The molecule has 0 bridgehead atoms. The minimum Gasteiger partial charge on any atom is -0.497 e. The van der Waals surface area contributed by atoms with Crippen LogP contribution in [0.15, 0.2) is 29.2 Å². The molecule has 26 heavy (non-hydrogen) atoms. The zero-order valence-corrected chi connectivity index (χ0v) is 17.5. The van der Waals surface area contributed by atoms with E-state index >= 15 is 0 Å². The van der Waals surface area contributed by atoms with Gasteiger partial charge in [-0.15, -0.1) is 11.8 Å². The first-order chi connectivity index (χ1) is 12.6. The zero-order valence-electron chi connectivity index (χ0n) is 15.8. The lowest BCUT2D eigenvalue weighted by Gasteiger charge is -2.43. The van der Waals surface area contributed by atoms with Gasteiger partial charge in [-0.2, -0.15) is 11.8 Å². The molecule has 3 rings (SSSR count). The van der Waals surface area contributed by atoms with E-state index in [0.717, 1.165) is 30.3 Å². The molecule has 0 aromatic heterocycles. The minimum absolute atomic E-state index is 0.0984.